The molecule has 4 rings (SSSR count). The van der Waals surface area contributed by atoms with Crippen LogP contribution >= 0.6 is 23.1 Å². The zero-order valence-electron chi connectivity index (χ0n) is 17.7. The summed E-state index contributed by atoms with van der Waals surface area (Å²) in [6.07, 6.45) is 0.949. The van der Waals surface area contributed by atoms with Crippen molar-refractivity contribution in [1.82, 2.24) is 15.1 Å². The molecule has 0 aliphatic carbocycles. The van der Waals surface area contributed by atoms with Gasteiger partial charge in [0.1, 0.15) is 5.69 Å². The molecule has 1 amide bonds. The summed E-state index contributed by atoms with van der Waals surface area (Å²) in [7, 11) is 4.70. The maximum atomic E-state index is 13.1. The van der Waals surface area contributed by atoms with E-state index in [-0.39, 0.29) is 5.91 Å². The third kappa shape index (κ3) is 4.52. The molecule has 1 N–H and O–H groups in total. The van der Waals surface area contributed by atoms with E-state index in [1.807, 2.05) is 28.8 Å². The van der Waals surface area contributed by atoms with E-state index in [1.165, 1.54) is 4.88 Å². The van der Waals surface area contributed by atoms with Gasteiger partial charge >= 0.3 is 0 Å². The molecule has 1 aromatic carbocycles. The molecule has 1 unspecified atom stereocenters. The van der Waals surface area contributed by atoms with Gasteiger partial charge < -0.3 is 19.1 Å². The smallest absolute Gasteiger partial charge is 0.271 e. The van der Waals surface area contributed by atoms with Gasteiger partial charge in [0.2, 0.25) is 5.75 Å². The van der Waals surface area contributed by atoms with E-state index in [2.05, 4.69) is 27.7 Å². The maximum absolute atomic E-state index is 13.1. The molecule has 1 aliphatic heterocycles. The van der Waals surface area contributed by atoms with Crippen molar-refractivity contribution in [1.29, 1.82) is 0 Å². The largest absolute Gasteiger partial charge is 0.493 e. The molecule has 1 saturated heterocycles. The van der Waals surface area contributed by atoms with Crippen molar-refractivity contribution in [2.24, 2.45) is 0 Å². The van der Waals surface area contributed by atoms with Crippen LogP contribution in [0, 0.1) is 0 Å². The zero-order chi connectivity index (χ0) is 21.8. The lowest BCUT2D eigenvalue weighted by Crippen LogP contribution is -2.33. The molecule has 1 aliphatic rings. The molecule has 0 saturated carbocycles. The highest BCUT2D eigenvalue weighted by Crippen LogP contribution is 2.41. The Hall–Kier alpha value is -2.65. The number of carbonyl (C=O) groups excluding carboxylic acids is 1. The first-order valence-electron chi connectivity index (χ1n) is 9.94. The highest BCUT2D eigenvalue weighted by molar-refractivity contribution is 7.99. The Morgan fingerprint density at radius 3 is 2.55 bits per heavy atom. The van der Waals surface area contributed by atoms with Gasteiger partial charge in [-0.05, 0) is 36.1 Å². The van der Waals surface area contributed by atoms with Crippen LogP contribution < -0.4 is 14.2 Å². The number of H-pyrrole nitrogens is 1. The fraction of sp³-hybridized carbons (Fsp3) is 0.364. The summed E-state index contributed by atoms with van der Waals surface area (Å²) in [4.78, 5) is 16.4. The summed E-state index contributed by atoms with van der Waals surface area (Å²) in [5, 5.41) is 9.83. The Kier molecular flexibility index (Phi) is 6.72. The number of nitrogens with one attached hydrogen (secondary N) is 1. The fourth-order valence-corrected chi connectivity index (χ4v) is 5.89. The van der Waals surface area contributed by atoms with Gasteiger partial charge in [0.25, 0.3) is 5.91 Å². The number of aromatic nitrogens is 2. The van der Waals surface area contributed by atoms with Crippen molar-refractivity contribution in [3.05, 3.63) is 46.3 Å². The van der Waals surface area contributed by atoms with E-state index in [0.29, 0.717) is 33.9 Å². The molecule has 3 aromatic rings. The van der Waals surface area contributed by atoms with Gasteiger partial charge in [-0.15, -0.1) is 11.3 Å². The summed E-state index contributed by atoms with van der Waals surface area (Å²) in [5.41, 5.74) is 1.89. The molecule has 0 radical (unpaired) electrons. The van der Waals surface area contributed by atoms with Crippen molar-refractivity contribution in [3.8, 4) is 28.5 Å². The van der Waals surface area contributed by atoms with E-state index in [1.54, 1.807) is 38.7 Å². The van der Waals surface area contributed by atoms with E-state index in [9.17, 15) is 4.79 Å². The number of rotatable bonds is 6. The lowest BCUT2D eigenvalue weighted by molar-refractivity contribution is 0.0760. The van der Waals surface area contributed by atoms with E-state index in [0.717, 1.165) is 30.8 Å². The van der Waals surface area contributed by atoms with Crippen LogP contribution in [-0.2, 0) is 0 Å². The van der Waals surface area contributed by atoms with Crippen LogP contribution in [0.1, 0.15) is 27.0 Å². The van der Waals surface area contributed by atoms with Gasteiger partial charge in [0.05, 0.1) is 27.0 Å². The van der Waals surface area contributed by atoms with Crippen molar-refractivity contribution >= 4 is 29.0 Å². The van der Waals surface area contributed by atoms with Crippen LogP contribution in [0.4, 0.5) is 0 Å². The van der Waals surface area contributed by atoms with Crippen molar-refractivity contribution in [2.45, 2.75) is 11.7 Å². The molecule has 31 heavy (non-hydrogen) atoms. The van der Waals surface area contributed by atoms with Crippen molar-refractivity contribution in [3.63, 3.8) is 0 Å². The molecular weight excluding hydrogens is 434 g/mol. The molecule has 7 nitrogen and oxygen atoms in total. The Labute approximate surface area is 189 Å². The summed E-state index contributed by atoms with van der Waals surface area (Å²) in [5.74, 6) is 2.48. The predicted molar refractivity (Wildman–Crippen MR) is 124 cm³/mol. The molecule has 2 aromatic heterocycles. The van der Waals surface area contributed by atoms with Gasteiger partial charge in [-0.2, -0.15) is 16.9 Å². The Morgan fingerprint density at radius 2 is 1.90 bits per heavy atom. The standard InChI is InChI=1S/C22H25N3O4S2/c1-27-17-11-14(12-18(28-2)21(17)29-3)15-13-16(24-23-15)22(26)25-7-6-20(31-10-8-25)19-5-4-9-30-19/h4-5,9,11-13,20H,6-8,10H2,1-3H3,(H,23,24). The minimum Gasteiger partial charge on any atom is -0.493 e. The van der Waals surface area contributed by atoms with Crippen LogP contribution in [-0.4, -0.2) is 61.2 Å². The summed E-state index contributed by atoms with van der Waals surface area (Å²) in [6.45, 7) is 1.46. The number of hydrogen-bond donors (Lipinski definition) is 1. The quantitative estimate of drug-likeness (QED) is 0.586. The fourth-order valence-electron chi connectivity index (χ4n) is 3.65. The van der Waals surface area contributed by atoms with Gasteiger partial charge in [0.15, 0.2) is 11.5 Å². The molecule has 164 valence electrons. The first kappa shape index (κ1) is 21.6. The zero-order valence-corrected chi connectivity index (χ0v) is 19.3. The third-order valence-corrected chi connectivity index (χ3v) is 7.70. The SMILES string of the molecule is COc1cc(-c2cc(C(=O)N3CCSC(c4cccs4)CC3)[nH]n2)cc(OC)c1OC. The average molecular weight is 460 g/mol. The predicted octanol–water partition coefficient (Wildman–Crippen LogP) is 4.48. The van der Waals surface area contributed by atoms with Crippen LogP contribution in [0.3, 0.4) is 0 Å². The van der Waals surface area contributed by atoms with Gasteiger partial charge in [-0.25, -0.2) is 0 Å². The lowest BCUT2D eigenvalue weighted by Gasteiger charge is -2.19. The summed E-state index contributed by atoms with van der Waals surface area (Å²) >= 11 is 3.71. The number of carbonyl (C=O) groups is 1. The topological polar surface area (TPSA) is 76.7 Å². The molecule has 1 atom stereocenters. The average Bonchev–Trinajstić information content (AvgIpc) is 3.46. The highest BCUT2D eigenvalue weighted by atomic mass is 32.2. The summed E-state index contributed by atoms with van der Waals surface area (Å²) in [6, 6.07) is 9.68. The third-order valence-electron chi connectivity index (χ3n) is 5.26. The number of methoxy groups -OCH3 is 3. The molecule has 3 heterocycles. The number of amides is 1. The number of ether oxygens (including phenoxy) is 3. The first-order chi connectivity index (χ1) is 15.1. The van der Waals surface area contributed by atoms with E-state index >= 15 is 0 Å². The van der Waals surface area contributed by atoms with Crippen molar-refractivity contribution < 1.29 is 19.0 Å². The number of hydrogen-bond acceptors (Lipinski definition) is 7. The summed E-state index contributed by atoms with van der Waals surface area (Å²) < 4.78 is 16.2. The number of benzene rings is 1. The molecule has 9 heteroatoms. The van der Waals surface area contributed by atoms with Crippen LogP contribution in [0.5, 0.6) is 17.2 Å². The monoisotopic (exact) mass is 459 g/mol. The Balaban J connectivity index is 1.51. The first-order valence-corrected chi connectivity index (χ1v) is 11.9. The number of thioether (sulfide) groups is 1. The molecule has 0 bridgehead atoms. The normalized spacial score (nSPS) is 16.6. The van der Waals surface area contributed by atoms with Gasteiger partial charge in [-0.1, -0.05) is 6.07 Å². The number of thiophene rings is 1. The lowest BCUT2D eigenvalue weighted by atomic mass is 10.1. The number of nitrogens with zero attached hydrogens (tertiary/aromatic N) is 2. The highest BCUT2D eigenvalue weighted by Gasteiger charge is 2.25. The van der Waals surface area contributed by atoms with Crippen LogP contribution in [0.25, 0.3) is 11.3 Å². The second kappa shape index (κ2) is 9.65. The van der Waals surface area contributed by atoms with Crippen LogP contribution in [0.15, 0.2) is 35.7 Å². The van der Waals surface area contributed by atoms with E-state index < -0.39 is 0 Å². The number of aromatic amines is 1. The second-order valence-electron chi connectivity index (χ2n) is 7.04. The van der Waals surface area contributed by atoms with Crippen LogP contribution in [0.2, 0.25) is 0 Å². The van der Waals surface area contributed by atoms with Crippen molar-refractivity contribution in [2.75, 3.05) is 40.2 Å². The molecule has 0 spiro atoms. The van der Waals surface area contributed by atoms with Gasteiger partial charge in [-0.3, -0.25) is 9.89 Å². The molecular formula is C22H25N3O4S2. The second-order valence-corrected chi connectivity index (χ2v) is 9.33. The minimum atomic E-state index is -0.0291. The Morgan fingerprint density at radius 1 is 1.13 bits per heavy atom. The Bertz CT molecular complexity index is 1010. The maximum Gasteiger partial charge on any atom is 0.271 e. The van der Waals surface area contributed by atoms with E-state index in [4.69, 9.17) is 14.2 Å². The van der Waals surface area contributed by atoms with Gasteiger partial charge in [0, 0.05) is 34.5 Å². The minimum absolute atomic E-state index is 0.0291. The molecule has 1 fully saturated rings.